The van der Waals surface area contributed by atoms with Crippen molar-refractivity contribution in [3.63, 3.8) is 0 Å². The minimum atomic E-state index is -0.392. The van der Waals surface area contributed by atoms with Crippen LogP contribution in [0.25, 0.3) is 11.0 Å². The second-order valence-electron chi connectivity index (χ2n) is 6.80. The summed E-state index contributed by atoms with van der Waals surface area (Å²) in [6.07, 6.45) is 1.56. The molecule has 2 N–H and O–H groups in total. The van der Waals surface area contributed by atoms with Gasteiger partial charge in [-0.15, -0.1) is 0 Å². The molecule has 4 rings (SSSR count). The summed E-state index contributed by atoms with van der Waals surface area (Å²) in [5, 5.41) is 13.1. The Balaban J connectivity index is 1.32. The Morgan fingerprint density at radius 3 is 2.50 bits per heavy atom. The fraction of sp³-hybridized carbons (Fsp3) is 0.0833. The van der Waals surface area contributed by atoms with Gasteiger partial charge in [0.25, 0.3) is 5.91 Å². The first kappa shape index (κ1) is 19.3. The van der Waals surface area contributed by atoms with Crippen molar-refractivity contribution in [2.24, 2.45) is 0 Å². The lowest BCUT2D eigenvalue weighted by Gasteiger charge is -2.07. The highest BCUT2D eigenvalue weighted by atomic mass is 16.5. The van der Waals surface area contributed by atoms with Crippen LogP contribution in [-0.4, -0.2) is 17.0 Å². The molecule has 1 heterocycles. The summed E-state index contributed by atoms with van der Waals surface area (Å²) in [5.41, 5.74) is 3.23. The molecule has 0 fully saturated rings. The number of hydrogen-bond acceptors (Lipinski definition) is 5. The summed E-state index contributed by atoms with van der Waals surface area (Å²) in [6.45, 7) is 0.107. The van der Waals surface area contributed by atoms with E-state index in [9.17, 15) is 14.7 Å². The number of phenols is 1. The molecule has 0 atom stereocenters. The number of para-hydroxylation sites is 1. The zero-order chi connectivity index (χ0) is 20.9. The van der Waals surface area contributed by atoms with Gasteiger partial charge < -0.3 is 19.6 Å². The Labute approximate surface area is 172 Å². The lowest BCUT2D eigenvalue weighted by molar-refractivity contribution is -0.144. The van der Waals surface area contributed by atoms with E-state index < -0.39 is 5.97 Å². The number of hydrogen-bond donors (Lipinski definition) is 2. The first-order valence-electron chi connectivity index (χ1n) is 9.38. The first-order valence-corrected chi connectivity index (χ1v) is 9.38. The van der Waals surface area contributed by atoms with Crippen molar-refractivity contribution in [1.29, 1.82) is 0 Å². The van der Waals surface area contributed by atoms with Crippen molar-refractivity contribution in [3.8, 4) is 5.75 Å². The predicted octanol–water partition coefficient (Wildman–Crippen LogP) is 4.68. The van der Waals surface area contributed by atoms with Gasteiger partial charge in [-0.25, -0.2) is 0 Å². The molecule has 6 heteroatoms. The molecule has 0 radical (unpaired) electrons. The van der Waals surface area contributed by atoms with Gasteiger partial charge in [0.1, 0.15) is 17.9 Å². The quantitative estimate of drug-likeness (QED) is 0.458. The van der Waals surface area contributed by atoms with Crippen molar-refractivity contribution < 1.29 is 23.8 Å². The molecule has 4 aromatic rings. The van der Waals surface area contributed by atoms with E-state index in [1.54, 1.807) is 36.4 Å². The fourth-order valence-electron chi connectivity index (χ4n) is 3.06. The van der Waals surface area contributed by atoms with Gasteiger partial charge in [0, 0.05) is 28.3 Å². The third-order valence-corrected chi connectivity index (χ3v) is 4.62. The largest absolute Gasteiger partial charge is 0.508 e. The van der Waals surface area contributed by atoms with E-state index in [1.165, 1.54) is 12.3 Å². The molecule has 0 saturated carbocycles. The van der Waals surface area contributed by atoms with Crippen LogP contribution in [0.15, 0.2) is 83.5 Å². The lowest BCUT2D eigenvalue weighted by Crippen LogP contribution is -2.12. The molecule has 3 aromatic carbocycles. The predicted molar refractivity (Wildman–Crippen MR) is 112 cm³/mol. The van der Waals surface area contributed by atoms with Crippen molar-refractivity contribution in [2.75, 3.05) is 5.32 Å². The summed E-state index contributed by atoms with van der Waals surface area (Å²) in [6, 6.07) is 20.9. The van der Waals surface area contributed by atoms with Crippen molar-refractivity contribution in [1.82, 2.24) is 0 Å². The lowest BCUT2D eigenvalue weighted by atomic mass is 10.1. The number of furan rings is 1. The molecular formula is C24H19NO5. The zero-order valence-corrected chi connectivity index (χ0v) is 16.0. The van der Waals surface area contributed by atoms with E-state index in [0.717, 1.165) is 16.6 Å². The molecule has 0 aliphatic carbocycles. The van der Waals surface area contributed by atoms with Crippen LogP contribution in [0.3, 0.4) is 0 Å². The van der Waals surface area contributed by atoms with Gasteiger partial charge in [0.15, 0.2) is 0 Å². The monoisotopic (exact) mass is 401 g/mol. The van der Waals surface area contributed by atoms with Crippen LogP contribution in [0.5, 0.6) is 5.75 Å². The van der Waals surface area contributed by atoms with E-state index in [-0.39, 0.29) is 24.7 Å². The smallest absolute Gasteiger partial charge is 0.310 e. The maximum atomic E-state index is 12.3. The van der Waals surface area contributed by atoms with E-state index in [0.29, 0.717) is 16.7 Å². The number of ether oxygens (including phenoxy) is 1. The number of esters is 1. The maximum Gasteiger partial charge on any atom is 0.310 e. The number of fused-ring (bicyclic) bond motifs is 1. The average molecular weight is 401 g/mol. The molecule has 0 unspecified atom stereocenters. The van der Waals surface area contributed by atoms with E-state index in [2.05, 4.69) is 5.32 Å². The van der Waals surface area contributed by atoms with Gasteiger partial charge >= 0.3 is 5.97 Å². The highest BCUT2D eigenvalue weighted by molar-refractivity contribution is 6.04. The number of aromatic hydroxyl groups is 1. The zero-order valence-electron chi connectivity index (χ0n) is 16.0. The van der Waals surface area contributed by atoms with Crippen LogP contribution < -0.4 is 5.32 Å². The number of carbonyl (C=O) groups is 2. The Morgan fingerprint density at radius 2 is 1.73 bits per heavy atom. The molecular weight excluding hydrogens is 382 g/mol. The average Bonchev–Trinajstić information content (AvgIpc) is 3.15. The molecule has 0 aliphatic heterocycles. The molecule has 150 valence electrons. The van der Waals surface area contributed by atoms with Crippen molar-refractivity contribution in [2.45, 2.75) is 13.0 Å². The highest BCUT2D eigenvalue weighted by Gasteiger charge is 2.12. The molecule has 0 spiro atoms. The number of nitrogens with one attached hydrogen (secondary N) is 1. The number of rotatable bonds is 6. The molecule has 6 nitrogen and oxygen atoms in total. The number of benzene rings is 3. The van der Waals surface area contributed by atoms with E-state index in [4.69, 9.17) is 9.15 Å². The van der Waals surface area contributed by atoms with Crippen LogP contribution in [0.1, 0.15) is 21.5 Å². The molecule has 0 bridgehead atoms. The van der Waals surface area contributed by atoms with Crippen LogP contribution in [0.2, 0.25) is 0 Å². The van der Waals surface area contributed by atoms with Crippen molar-refractivity contribution in [3.05, 3.63) is 95.7 Å². The fourth-order valence-corrected chi connectivity index (χ4v) is 3.06. The van der Waals surface area contributed by atoms with Crippen LogP contribution in [0, 0.1) is 0 Å². The third kappa shape index (κ3) is 4.50. The topological polar surface area (TPSA) is 88.8 Å². The first-order chi connectivity index (χ1) is 14.6. The minimum Gasteiger partial charge on any atom is -0.508 e. The highest BCUT2D eigenvalue weighted by Crippen LogP contribution is 2.25. The Kier molecular flexibility index (Phi) is 5.48. The van der Waals surface area contributed by atoms with Crippen LogP contribution in [0.4, 0.5) is 5.69 Å². The second kappa shape index (κ2) is 8.53. The Hall–Kier alpha value is -4.06. The van der Waals surface area contributed by atoms with E-state index in [1.807, 2.05) is 30.3 Å². The Morgan fingerprint density at radius 1 is 0.967 bits per heavy atom. The van der Waals surface area contributed by atoms with Crippen molar-refractivity contribution >= 4 is 28.5 Å². The van der Waals surface area contributed by atoms with Gasteiger partial charge in [-0.3, -0.25) is 9.59 Å². The van der Waals surface area contributed by atoms with Gasteiger partial charge in [-0.2, -0.15) is 0 Å². The number of phenolic OH excluding ortho intramolecular Hbond substituents is 1. The summed E-state index contributed by atoms with van der Waals surface area (Å²) in [4.78, 5) is 24.5. The maximum absolute atomic E-state index is 12.3. The summed E-state index contributed by atoms with van der Waals surface area (Å²) in [5.74, 6) is -0.494. The molecule has 0 aliphatic rings. The second-order valence-corrected chi connectivity index (χ2v) is 6.80. The summed E-state index contributed by atoms with van der Waals surface area (Å²) < 4.78 is 10.7. The summed E-state index contributed by atoms with van der Waals surface area (Å²) >= 11 is 0. The summed E-state index contributed by atoms with van der Waals surface area (Å²) in [7, 11) is 0. The molecule has 1 amide bonds. The van der Waals surface area contributed by atoms with Gasteiger partial charge in [0.05, 0.1) is 12.7 Å². The van der Waals surface area contributed by atoms with Crippen LogP contribution >= 0.6 is 0 Å². The number of carbonyl (C=O) groups excluding carboxylic acids is 2. The Bertz CT molecular complexity index is 1180. The molecule has 1 aromatic heterocycles. The molecule has 0 saturated heterocycles. The van der Waals surface area contributed by atoms with Crippen LogP contribution in [-0.2, 0) is 22.6 Å². The SMILES string of the molecule is O=C(Cc1coc2cc(O)ccc12)OCc1ccc(C(=O)Nc2ccccc2)cc1. The normalized spacial score (nSPS) is 10.7. The number of anilines is 1. The standard InChI is InChI=1S/C24H19NO5/c26-20-10-11-21-18(15-29-22(21)13-20)12-23(27)30-14-16-6-8-17(9-7-16)24(28)25-19-4-2-1-3-5-19/h1-11,13,15,26H,12,14H2,(H,25,28). The third-order valence-electron chi connectivity index (χ3n) is 4.62. The molecule has 30 heavy (non-hydrogen) atoms. The van der Waals surface area contributed by atoms with Gasteiger partial charge in [-0.1, -0.05) is 30.3 Å². The van der Waals surface area contributed by atoms with E-state index >= 15 is 0 Å². The van der Waals surface area contributed by atoms with Gasteiger partial charge in [0.2, 0.25) is 0 Å². The number of amides is 1. The van der Waals surface area contributed by atoms with Gasteiger partial charge in [-0.05, 0) is 42.0 Å². The minimum absolute atomic E-state index is 0.0648.